The first-order valence-corrected chi connectivity index (χ1v) is 4.76. The summed E-state index contributed by atoms with van der Waals surface area (Å²) in [5.41, 5.74) is 2.05. The molecule has 2 heteroatoms. The van der Waals surface area contributed by atoms with Gasteiger partial charge in [0.05, 0.1) is 0 Å². The molecular weight excluding hydrogens is 165 g/mol. The third kappa shape index (κ3) is 2.20. The Kier molecular flexibility index (Phi) is 2.21. The maximum Gasteiger partial charge on any atom is 0.123 e. The van der Waals surface area contributed by atoms with Gasteiger partial charge in [-0.3, -0.25) is 0 Å². The van der Waals surface area contributed by atoms with Crippen molar-refractivity contribution in [2.75, 3.05) is 11.9 Å². The first-order valence-electron chi connectivity index (χ1n) is 4.76. The van der Waals surface area contributed by atoms with E-state index < -0.39 is 0 Å². The number of hydrogen-bond acceptors (Lipinski definition) is 1. The average Bonchev–Trinajstić information content (AvgIpc) is 2.86. The van der Waals surface area contributed by atoms with E-state index in [1.165, 1.54) is 18.9 Å². The molecule has 0 aliphatic heterocycles. The monoisotopic (exact) mass is 179 g/mol. The van der Waals surface area contributed by atoms with Crippen LogP contribution in [-0.4, -0.2) is 6.54 Å². The molecule has 1 aliphatic carbocycles. The minimum absolute atomic E-state index is 0.158. The van der Waals surface area contributed by atoms with Crippen molar-refractivity contribution < 1.29 is 4.39 Å². The zero-order chi connectivity index (χ0) is 9.26. The molecule has 2 rings (SSSR count). The standard InChI is InChI=1S/C11H14FN/c1-8-6-10(12)4-5-11(8)13-7-9-2-3-9/h4-6,9,13H,2-3,7H2,1H3. The van der Waals surface area contributed by atoms with Crippen LogP contribution in [0, 0.1) is 18.7 Å². The van der Waals surface area contributed by atoms with Gasteiger partial charge in [-0.25, -0.2) is 4.39 Å². The van der Waals surface area contributed by atoms with Gasteiger partial charge in [0.2, 0.25) is 0 Å². The van der Waals surface area contributed by atoms with Crippen molar-refractivity contribution in [1.82, 2.24) is 0 Å². The molecule has 0 radical (unpaired) electrons. The Morgan fingerprint density at radius 2 is 2.23 bits per heavy atom. The van der Waals surface area contributed by atoms with Crippen molar-refractivity contribution in [1.29, 1.82) is 0 Å². The van der Waals surface area contributed by atoms with Gasteiger partial charge in [-0.1, -0.05) is 0 Å². The Balaban J connectivity index is 2.01. The average molecular weight is 179 g/mol. The number of halogens is 1. The van der Waals surface area contributed by atoms with Gasteiger partial charge in [-0.2, -0.15) is 0 Å². The van der Waals surface area contributed by atoms with Crippen molar-refractivity contribution >= 4 is 5.69 Å². The quantitative estimate of drug-likeness (QED) is 0.752. The third-order valence-corrected chi connectivity index (χ3v) is 2.47. The number of anilines is 1. The number of hydrogen-bond donors (Lipinski definition) is 1. The Morgan fingerprint density at radius 3 is 2.85 bits per heavy atom. The van der Waals surface area contributed by atoms with Gasteiger partial charge in [0.1, 0.15) is 5.82 Å². The van der Waals surface area contributed by atoms with E-state index in [1.807, 2.05) is 13.0 Å². The summed E-state index contributed by atoms with van der Waals surface area (Å²) in [6.07, 6.45) is 2.68. The lowest BCUT2D eigenvalue weighted by molar-refractivity contribution is 0.627. The molecule has 1 N–H and O–H groups in total. The Hall–Kier alpha value is -1.05. The van der Waals surface area contributed by atoms with Crippen LogP contribution in [0.2, 0.25) is 0 Å². The van der Waals surface area contributed by atoms with Gasteiger partial charge in [0.25, 0.3) is 0 Å². The predicted octanol–water partition coefficient (Wildman–Crippen LogP) is 2.96. The molecule has 0 bridgehead atoms. The fraction of sp³-hybridized carbons (Fsp3) is 0.455. The van der Waals surface area contributed by atoms with Crippen LogP contribution in [-0.2, 0) is 0 Å². The Bertz CT molecular complexity index is 305. The molecule has 0 spiro atoms. The van der Waals surface area contributed by atoms with Crippen molar-refractivity contribution in [2.24, 2.45) is 5.92 Å². The van der Waals surface area contributed by atoms with E-state index in [4.69, 9.17) is 0 Å². The molecule has 1 aliphatic rings. The highest BCUT2D eigenvalue weighted by Gasteiger charge is 2.20. The van der Waals surface area contributed by atoms with Crippen molar-refractivity contribution in [3.8, 4) is 0 Å². The van der Waals surface area contributed by atoms with Gasteiger partial charge in [-0.05, 0) is 49.4 Å². The van der Waals surface area contributed by atoms with Crippen LogP contribution in [0.4, 0.5) is 10.1 Å². The molecule has 1 aromatic carbocycles. The normalized spacial score (nSPS) is 15.8. The number of benzene rings is 1. The molecule has 0 aromatic heterocycles. The van der Waals surface area contributed by atoms with Crippen molar-refractivity contribution in [3.63, 3.8) is 0 Å². The second kappa shape index (κ2) is 3.36. The van der Waals surface area contributed by atoms with Crippen LogP contribution in [0.3, 0.4) is 0 Å². The zero-order valence-corrected chi connectivity index (χ0v) is 7.81. The summed E-state index contributed by atoms with van der Waals surface area (Å²) in [6, 6.07) is 4.88. The minimum Gasteiger partial charge on any atom is -0.385 e. The molecule has 0 heterocycles. The summed E-state index contributed by atoms with van der Waals surface area (Å²) in [6.45, 7) is 2.96. The van der Waals surface area contributed by atoms with Gasteiger partial charge in [0, 0.05) is 12.2 Å². The SMILES string of the molecule is Cc1cc(F)ccc1NCC1CC1. The first-order chi connectivity index (χ1) is 6.25. The lowest BCUT2D eigenvalue weighted by atomic mass is 10.2. The molecule has 1 saturated carbocycles. The van der Waals surface area contributed by atoms with Crippen LogP contribution in [0.1, 0.15) is 18.4 Å². The second-order valence-electron chi connectivity index (χ2n) is 3.78. The lowest BCUT2D eigenvalue weighted by Crippen LogP contribution is -2.04. The Labute approximate surface area is 78.0 Å². The molecule has 1 fully saturated rings. The summed E-state index contributed by atoms with van der Waals surface area (Å²) >= 11 is 0. The van der Waals surface area contributed by atoms with E-state index in [-0.39, 0.29) is 5.82 Å². The smallest absolute Gasteiger partial charge is 0.123 e. The highest BCUT2D eigenvalue weighted by molar-refractivity contribution is 5.50. The summed E-state index contributed by atoms with van der Waals surface area (Å²) < 4.78 is 12.7. The maximum atomic E-state index is 12.7. The van der Waals surface area contributed by atoms with Crippen LogP contribution >= 0.6 is 0 Å². The topological polar surface area (TPSA) is 12.0 Å². The van der Waals surface area contributed by atoms with Crippen LogP contribution < -0.4 is 5.32 Å². The van der Waals surface area contributed by atoms with E-state index in [9.17, 15) is 4.39 Å². The summed E-state index contributed by atoms with van der Waals surface area (Å²) in [4.78, 5) is 0. The summed E-state index contributed by atoms with van der Waals surface area (Å²) in [5.74, 6) is 0.693. The van der Waals surface area contributed by atoms with Crippen LogP contribution in [0.25, 0.3) is 0 Å². The van der Waals surface area contributed by atoms with E-state index in [2.05, 4.69) is 5.32 Å². The van der Waals surface area contributed by atoms with E-state index in [0.29, 0.717) is 0 Å². The van der Waals surface area contributed by atoms with E-state index in [1.54, 1.807) is 6.07 Å². The van der Waals surface area contributed by atoms with E-state index in [0.717, 1.165) is 23.7 Å². The van der Waals surface area contributed by atoms with Gasteiger partial charge in [0.15, 0.2) is 0 Å². The lowest BCUT2D eigenvalue weighted by Gasteiger charge is -2.08. The molecule has 0 unspecified atom stereocenters. The first kappa shape index (κ1) is 8.54. The van der Waals surface area contributed by atoms with Gasteiger partial charge >= 0.3 is 0 Å². The predicted molar refractivity (Wildman–Crippen MR) is 52.4 cm³/mol. The number of rotatable bonds is 3. The number of nitrogens with one attached hydrogen (secondary N) is 1. The molecule has 0 atom stereocenters. The molecule has 1 aromatic rings. The number of aryl methyl sites for hydroxylation is 1. The zero-order valence-electron chi connectivity index (χ0n) is 7.81. The highest BCUT2D eigenvalue weighted by Crippen LogP contribution is 2.29. The minimum atomic E-state index is -0.158. The third-order valence-electron chi connectivity index (χ3n) is 2.47. The fourth-order valence-corrected chi connectivity index (χ4v) is 1.40. The fourth-order valence-electron chi connectivity index (χ4n) is 1.40. The van der Waals surface area contributed by atoms with Crippen molar-refractivity contribution in [2.45, 2.75) is 19.8 Å². The van der Waals surface area contributed by atoms with Gasteiger partial charge in [-0.15, -0.1) is 0 Å². The Morgan fingerprint density at radius 1 is 1.46 bits per heavy atom. The molecule has 0 saturated heterocycles. The van der Waals surface area contributed by atoms with Gasteiger partial charge < -0.3 is 5.32 Å². The maximum absolute atomic E-state index is 12.7. The van der Waals surface area contributed by atoms with Crippen LogP contribution in [0.15, 0.2) is 18.2 Å². The van der Waals surface area contributed by atoms with Crippen LogP contribution in [0.5, 0.6) is 0 Å². The van der Waals surface area contributed by atoms with E-state index >= 15 is 0 Å². The molecule has 13 heavy (non-hydrogen) atoms. The summed E-state index contributed by atoms with van der Waals surface area (Å²) in [5, 5.41) is 3.34. The molecular formula is C11H14FN. The summed E-state index contributed by atoms with van der Waals surface area (Å²) in [7, 11) is 0. The highest BCUT2D eigenvalue weighted by atomic mass is 19.1. The van der Waals surface area contributed by atoms with Crippen molar-refractivity contribution in [3.05, 3.63) is 29.6 Å². The molecule has 70 valence electrons. The molecule has 1 nitrogen and oxygen atoms in total. The second-order valence-corrected chi connectivity index (χ2v) is 3.78. The molecule has 0 amide bonds. The largest absolute Gasteiger partial charge is 0.385 e.